The Labute approximate surface area is 158 Å². The van der Waals surface area contributed by atoms with Gasteiger partial charge < -0.3 is 14.5 Å². The van der Waals surface area contributed by atoms with E-state index in [1.807, 2.05) is 0 Å². The minimum atomic E-state index is -0.642. The minimum absolute atomic E-state index is 0.0302. The molecule has 2 atom stereocenters. The number of carbonyl (C=O) groups excluding carboxylic acids is 2. The first-order chi connectivity index (χ1) is 13.0. The monoisotopic (exact) mass is 374 g/mol. The molecule has 0 radical (unpaired) electrons. The smallest absolute Gasteiger partial charge is 0.267 e. The zero-order valence-corrected chi connectivity index (χ0v) is 15.7. The number of nitrogens with zero attached hydrogens (tertiary/aromatic N) is 4. The topological polar surface area (TPSA) is 84.7 Å². The number of rotatable bonds is 4. The van der Waals surface area contributed by atoms with Crippen molar-refractivity contribution >= 4 is 11.8 Å². The van der Waals surface area contributed by atoms with Crippen molar-refractivity contribution in [3.63, 3.8) is 0 Å². The summed E-state index contributed by atoms with van der Waals surface area (Å²) in [6.45, 7) is 4.31. The van der Waals surface area contributed by atoms with E-state index in [-0.39, 0.29) is 23.5 Å². The second-order valence-electron chi connectivity index (χ2n) is 7.64. The molecule has 146 valence electrons. The molecule has 3 fully saturated rings. The van der Waals surface area contributed by atoms with Crippen LogP contribution in [-0.2, 0) is 14.3 Å². The van der Waals surface area contributed by atoms with E-state index < -0.39 is 6.04 Å². The summed E-state index contributed by atoms with van der Waals surface area (Å²) in [4.78, 5) is 41.0. The van der Waals surface area contributed by atoms with E-state index in [4.69, 9.17) is 4.74 Å². The van der Waals surface area contributed by atoms with E-state index in [0.717, 1.165) is 31.4 Å². The highest BCUT2D eigenvalue weighted by atomic mass is 16.5. The first kappa shape index (κ1) is 18.2. The van der Waals surface area contributed by atoms with Crippen molar-refractivity contribution in [2.24, 2.45) is 0 Å². The maximum absolute atomic E-state index is 12.9. The molecule has 3 aliphatic rings. The Bertz CT molecular complexity index is 774. The second kappa shape index (κ2) is 7.42. The Hall–Kier alpha value is -2.22. The molecule has 2 amide bonds. The predicted molar refractivity (Wildman–Crippen MR) is 97.3 cm³/mol. The number of hydrogen-bond donors (Lipinski definition) is 0. The largest absolute Gasteiger partial charge is 0.368 e. The van der Waals surface area contributed by atoms with E-state index in [9.17, 15) is 14.4 Å². The summed E-state index contributed by atoms with van der Waals surface area (Å²) in [5.74, 6) is 0.330. The number of amides is 2. The van der Waals surface area contributed by atoms with Gasteiger partial charge in [-0.15, -0.1) is 0 Å². The lowest BCUT2D eigenvalue weighted by atomic mass is 10.2. The highest BCUT2D eigenvalue weighted by Gasteiger charge is 2.33. The predicted octanol–water partition coefficient (Wildman–Crippen LogP) is 0.532. The van der Waals surface area contributed by atoms with Crippen molar-refractivity contribution in [3.8, 4) is 0 Å². The molecule has 1 aliphatic carbocycles. The molecule has 0 N–H and O–H groups in total. The van der Waals surface area contributed by atoms with E-state index in [2.05, 4.69) is 5.10 Å². The fraction of sp³-hybridized carbons (Fsp3) is 0.684. The van der Waals surface area contributed by atoms with Crippen molar-refractivity contribution in [3.05, 3.63) is 28.2 Å². The van der Waals surface area contributed by atoms with Gasteiger partial charge in [-0.1, -0.05) is 0 Å². The van der Waals surface area contributed by atoms with Crippen molar-refractivity contribution in [2.45, 2.75) is 50.7 Å². The lowest BCUT2D eigenvalue weighted by Gasteiger charge is -2.36. The molecule has 0 spiro atoms. The summed E-state index contributed by atoms with van der Waals surface area (Å²) in [6.07, 6.45) is 3.57. The molecule has 0 unspecified atom stereocenters. The average Bonchev–Trinajstić information content (AvgIpc) is 3.40. The van der Waals surface area contributed by atoms with Crippen molar-refractivity contribution < 1.29 is 14.3 Å². The Balaban J connectivity index is 1.38. The van der Waals surface area contributed by atoms with Crippen LogP contribution in [0.5, 0.6) is 0 Å². The van der Waals surface area contributed by atoms with Crippen LogP contribution in [0.3, 0.4) is 0 Å². The molecule has 1 aromatic heterocycles. The summed E-state index contributed by atoms with van der Waals surface area (Å²) < 4.78 is 6.77. The quantitative estimate of drug-likeness (QED) is 0.768. The fourth-order valence-corrected chi connectivity index (χ4v) is 3.81. The third-order valence-electron chi connectivity index (χ3n) is 5.67. The van der Waals surface area contributed by atoms with Crippen LogP contribution >= 0.6 is 0 Å². The van der Waals surface area contributed by atoms with Gasteiger partial charge in [0.05, 0.1) is 5.69 Å². The van der Waals surface area contributed by atoms with Gasteiger partial charge in [-0.2, -0.15) is 5.10 Å². The van der Waals surface area contributed by atoms with Gasteiger partial charge in [0.1, 0.15) is 12.1 Å². The van der Waals surface area contributed by atoms with E-state index in [0.29, 0.717) is 38.7 Å². The standard InChI is InChI=1S/C19H26N4O4/c1-13(23-17(24)7-6-15(20-23)14-4-5-14)18(25)21-8-10-22(11-9-21)19(26)16-3-2-12-27-16/h6-7,13-14,16H,2-5,8-12H2,1H3/t13-,16+/m0/s1. The van der Waals surface area contributed by atoms with Crippen LogP contribution in [0.1, 0.15) is 50.3 Å². The lowest BCUT2D eigenvalue weighted by molar-refractivity contribution is -0.147. The maximum Gasteiger partial charge on any atom is 0.267 e. The number of carbonyl (C=O) groups is 2. The van der Waals surface area contributed by atoms with Gasteiger partial charge >= 0.3 is 0 Å². The van der Waals surface area contributed by atoms with Crippen molar-refractivity contribution in [2.75, 3.05) is 32.8 Å². The average molecular weight is 374 g/mol. The minimum Gasteiger partial charge on any atom is -0.368 e. The van der Waals surface area contributed by atoms with Crippen molar-refractivity contribution in [1.29, 1.82) is 0 Å². The summed E-state index contributed by atoms with van der Waals surface area (Å²) in [5, 5.41) is 4.42. The van der Waals surface area contributed by atoms with Crippen LogP contribution in [-0.4, -0.2) is 70.3 Å². The van der Waals surface area contributed by atoms with Crippen LogP contribution in [0, 0.1) is 0 Å². The maximum atomic E-state index is 12.9. The van der Waals surface area contributed by atoms with Gasteiger partial charge in [-0.3, -0.25) is 14.4 Å². The molecule has 27 heavy (non-hydrogen) atoms. The van der Waals surface area contributed by atoms with Crippen LogP contribution in [0.4, 0.5) is 0 Å². The molecule has 1 aromatic rings. The zero-order valence-electron chi connectivity index (χ0n) is 15.7. The first-order valence-corrected chi connectivity index (χ1v) is 9.83. The van der Waals surface area contributed by atoms with Crippen molar-refractivity contribution in [1.82, 2.24) is 19.6 Å². The van der Waals surface area contributed by atoms with Crippen LogP contribution in [0.15, 0.2) is 16.9 Å². The Morgan fingerprint density at radius 3 is 2.44 bits per heavy atom. The Morgan fingerprint density at radius 1 is 1.11 bits per heavy atom. The summed E-state index contributed by atoms with van der Waals surface area (Å²) >= 11 is 0. The second-order valence-corrected chi connectivity index (χ2v) is 7.64. The van der Waals surface area contributed by atoms with Gasteiger partial charge in [-0.25, -0.2) is 4.68 Å². The van der Waals surface area contributed by atoms with Gasteiger partial charge in [0, 0.05) is 44.8 Å². The van der Waals surface area contributed by atoms with E-state index in [1.165, 1.54) is 10.7 Å². The fourth-order valence-electron chi connectivity index (χ4n) is 3.81. The molecular weight excluding hydrogens is 348 g/mol. The Kier molecular flexibility index (Phi) is 4.99. The molecule has 3 heterocycles. The third kappa shape index (κ3) is 3.76. The van der Waals surface area contributed by atoms with Crippen LogP contribution in [0.25, 0.3) is 0 Å². The Morgan fingerprint density at radius 2 is 1.81 bits per heavy atom. The first-order valence-electron chi connectivity index (χ1n) is 9.83. The zero-order chi connectivity index (χ0) is 19.0. The molecule has 2 saturated heterocycles. The summed E-state index contributed by atoms with van der Waals surface area (Å²) in [7, 11) is 0. The van der Waals surface area contributed by atoms with Gasteiger partial charge in [0.2, 0.25) is 5.91 Å². The van der Waals surface area contributed by atoms with Crippen LogP contribution < -0.4 is 5.56 Å². The number of ether oxygens (including phenoxy) is 1. The van der Waals surface area contributed by atoms with E-state index >= 15 is 0 Å². The lowest BCUT2D eigenvalue weighted by Crippen LogP contribution is -2.54. The molecule has 0 bridgehead atoms. The number of aromatic nitrogens is 2. The molecule has 0 aromatic carbocycles. The van der Waals surface area contributed by atoms with Gasteiger partial charge in [-0.05, 0) is 38.7 Å². The van der Waals surface area contributed by atoms with Gasteiger partial charge in [0.15, 0.2) is 0 Å². The summed E-state index contributed by atoms with van der Waals surface area (Å²) in [5.41, 5.74) is 0.633. The molecule has 4 rings (SSSR count). The molecule has 8 heteroatoms. The highest BCUT2D eigenvalue weighted by Crippen LogP contribution is 2.38. The highest BCUT2D eigenvalue weighted by molar-refractivity contribution is 5.82. The normalized spacial score (nSPS) is 24.1. The molecule has 1 saturated carbocycles. The summed E-state index contributed by atoms with van der Waals surface area (Å²) in [6, 6.07) is 2.63. The van der Waals surface area contributed by atoms with Crippen LogP contribution in [0.2, 0.25) is 0 Å². The van der Waals surface area contributed by atoms with E-state index in [1.54, 1.807) is 22.8 Å². The number of piperazine rings is 1. The molecular formula is C19H26N4O4. The molecule has 2 aliphatic heterocycles. The number of hydrogen-bond acceptors (Lipinski definition) is 5. The SMILES string of the molecule is C[C@@H](C(=O)N1CCN(C(=O)[C@H]2CCCO2)CC1)n1nc(C2CC2)ccc1=O. The van der Waals surface area contributed by atoms with Gasteiger partial charge in [0.25, 0.3) is 11.5 Å². The molecule has 8 nitrogen and oxygen atoms in total. The third-order valence-corrected chi connectivity index (χ3v) is 5.67.